The molecule has 0 bridgehead atoms. The van der Waals surface area contributed by atoms with E-state index in [1.165, 1.54) is 12.2 Å². The maximum absolute atomic E-state index is 11.9. The van der Waals surface area contributed by atoms with Gasteiger partial charge in [-0.05, 0) is 12.8 Å². The van der Waals surface area contributed by atoms with Crippen LogP contribution in [0.15, 0.2) is 12.2 Å². The third-order valence-corrected chi connectivity index (χ3v) is 8.73. The molecule has 0 aromatic carbocycles. The van der Waals surface area contributed by atoms with E-state index in [-0.39, 0.29) is 76.7 Å². The van der Waals surface area contributed by atoms with Crippen molar-refractivity contribution in [2.75, 3.05) is 152 Å². The van der Waals surface area contributed by atoms with E-state index in [2.05, 4.69) is 26.6 Å². The Labute approximate surface area is 366 Å². The van der Waals surface area contributed by atoms with E-state index in [1.54, 1.807) is 0 Å². The summed E-state index contributed by atoms with van der Waals surface area (Å²) >= 11 is 0. The molecule has 0 radical (unpaired) electrons. The average molecular weight is 904 g/mol. The van der Waals surface area contributed by atoms with E-state index < -0.39 is 41.4 Å². The van der Waals surface area contributed by atoms with Crippen LogP contribution in [0.25, 0.3) is 0 Å². The number of carbonyl (C=O) groups is 8. The van der Waals surface area contributed by atoms with Crippen LogP contribution in [0.4, 0.5) is 0 Å². The summed E-state index contributed by atoms with van der Waals surface area (Å²) in [6.45, 7) is 5.32. The standard InChI is InChI=1S/C39H65N7O17/c40-31(47)25-39(5-6-39)29-63-30-45-36(52)28-44-35(51)27-43-34(50)26-42-33(49)4-9-55-11-13-57-15-17-59-19-21-61-23-24-62-22-20-60-18-16-58-14-12-56-10-7-41-32(48)3-8-46-37(53)1-2-38(46)54/h1-2H,3-30H2,(H2,40,47)(H,41,48)(H,42,49)(H,43,50)(H,44,51)(H,45,52). The van der Waals surface area contributed by atoms with Gasteiger partial charge in [0.15, 0.2) is 0 Å². The summed E-state index contributed by atoms with van der Waals surface area (Å²) in [7, 11) is 0. The second-order valence-corrected chi connectivity index (χ2v) is 14.0. The van der Waals surface area contributed by atoms with E-state index >= 15 is 0 Å². The highest BCUT2D eigenvalue weighted by molar-refractivity contribution is 6.13. The molecule has 2 rings (SSSR count). The van der Waals surface area contributed by atoms with Gasteiger partial charge in [0.25, 0.3) is 11.8 Å². The molecule has 63 heavy (non-hydrogen) atoms. The molecule has 7 N–H and O–H groups in total. The number of nitrogens with zero attached hydrogens (tertiary/aromatic N) is 1. The molecule has 0 aromatic heterocycles. The fourth-order valence-electron chi connectivity index (χ4n) is 5.15. The lowest BCUT2D eigenvalue weighted by molar-refractivity contribution is -0.137. The smallest absolute Gasteiger partial charge is 0.253 e. The van der Waals surface area contributed by atoms with Gasteiger partial charge in [-0.2, -0.15) is 0 Å². The summed E-state index contributed by atoms with van der Waals surface area (Å²) in [6, 6.07) is 0. The van der Waals surface area contributed by atoms with Crippen molar-refractivity contribution in [3.63, 3.8) is 0 Å². The predicted molar refractivity (Wildman–Crippen MR) is 218 cm³/mol. The molecule has 1 aliphatic carbocycles. The maximum atomic E-state index is 11.9. The Morgan fingerprint density at radius 1 is 0.492 bits per heavy atom. The van der Waals surface area contributed by atoms with Crippen molar-refractivity contribution < 1.29 is 81.0 Å². The molecule has 0 aromatic rings. The molecule has 0 spiro atoms. The van der Waals surface area contributed by atoms with Gasteiger partial charge < -0.3 is 74.9 Å². The highest BCUT2D eigenvalue weighted by Crippen LogP contribution is 2.48. The highest BCUT2D eigenvalue weighted by atomic mass is 16.6. The summed E-state index contributed by atoms with van der Waals surface area (Å²) in [5.41, 5.74) is 4.99. The molecule has 24 nitrogen and oxygen atoms in total. The average Bonchev–Trinajstić information content (AvgIpc) is 3.94. The summed E-state index contributed by atoms with van der Waals surface area (Å²) in [4.78, 5) is 94.5. The van der Waals surface area contributed by atoms with Crippen LogP contribution >= 0.6 is 0 Å². The summed E-state index contributed by atoms with van der Waals surface area (Å²) in [5, 5.41) is 12.3. The minimum Gasteiger partial charge on any atom is -0.379 e. The first-order valence-corrected chi connectivity index (χ1v) is 20.8. The molecule has 0 saturated heterocycles. The lowest BCUT2D eigenvalue weighted by Crippen LogP contribution is -2.44. The number of hydrogen-bond acceptors (Lipinski definition) is 17. The van der Waals surface area contributed by atoms with Crippen molar-refractivity contribution in [3.8, 4) is 0 Å². The molecule has 2 aliphatic rings. The zero-order valence-electron chi connectivity index (χ0n) is 35.9. The van der Waals surface area contributed by atoms with Crippen LogP contribution in [-0.2, 0) is 81.0 Å². The van der Waals surface area contributed by atoms with Gasteiger partial charge in [-0.25, -0.2) is 0 Å². The Morgan fingerprint density at radius 3 is 1.30 bits per heavy atom. The number of nitrogens with two attached hydrogens (primary N) is 1. The highest BCUT2D eigenvalue weighted by Gasteiger charge is 2.44. The number of ether oxygens (including phenoxy) is 9. The predicted octanol–water partition coefficient (Wildman–Crippen LogP) is -3.96. The number of nitrogens with one attached hydrogen (secondary N) is 5. The number of primary amides is 1. The van der Waals surface area contributed by atoms with Gasteiger partial charge in [0.1, 0.15) is 6.73 Å². The normalized spacial score (nSPS) is 13.8. The first-order chi connectivity index (χ1) is 30.5. The minimum atomic E-state index is -0.592. The van der Waals surface area contributed by atoms with Gasteiger partial charge in [0.2, 0.25) is 35.4 Å². The number of amides is 8. The van der Waals surface area contributed by atoms with Crippen LogP contribution in [-0.4, -0.2) is 204 Å². The topological polar surface area (TPSA) is 309 Å². The molecule has 0 atom stereocenters. The SMILES string of the molecule is NC(=O)CC1(COCNC(=O)CNC(=O)CNC(=O)CNC(=O)CCOCCOCCOCCOCCOCCOCCOCCOCCNC(=O)CCN2C(=O)C=CC2=O)CC1. The zero-order valence-corrected chi connectivity index (χ0v) is 35.9. The Morgan fingerprint density at radius 2 is 0.873 bits per heavy atom. The Balaban J connectivity index is 1.21. The molecule has 358 valence electrons. The van der Waals surface area contributed by atoms with Crippen molar-refractivity contribution in [3.05, 3.63) is 12.2 Å². The fraction of sp³-hybridized carbons (Fsp3) is 0.744. The van der Waals surface area contributed by atoms with Crippen LogP contribution in [0.2, 0.25) is 0 Å². The second-order valence-electron chi connectivity index (χ2n) is 14.0. The maximum Gasteiger partial charge on any atom is 0.253 e. The molecule has 1 aliphatic heterocycles. The molecule has 1 saturated carbocycles. The van der Waals surface area contributed by atoms with Crippen LogP contribution in [0, 0.1) is 5.41 Å². The quantitative estimate of drug-likeness (QED) is 0.0193. The summed E-state index contributed by atoms with van der Waals surface area (Å²) in [5.74, 6) is -3.56. The van der Waals surface area contributed by atoms with Gasteiger partial charge in [0, 0.05) is 49.9 Å². The molecule has 0 unspecified atom stereocenters. The van der Waals surface area contributed by atoms with Gasteiger partial charge in [-0.15, -0.1) is 0 Å². The molecular weight excluding hydrogens is 838 g/mol. The third kappa shape index (κ3) is 30.1. The summed E-state index contributed by atoms with van der Waals surface area (Å²) in [6.07, 6.45) is 4.34. The van der Waals surface area contributed by atoms with E-state index in [1.807, 2.05) is 0 Å². The van der Waals surface area contributed by atoms with Crippen molar-refractivity contribution in [1.82, 2.24) is 31.5 Å². The Bertz CT molecular complexity index is 1410. The number of rotatable bonds is 42. The van der Waals surface area contributed by atoms with Crippen LogP contribution in [0.3, 0.4) is 0 Å². The lowest BCUT2D eigenvalue weighted by Gasteiger charge is -2.14. The third-order valence-electron chi connectivity index (χ3n) is 8.73. The number of imide groups is 1. The van der Waals surface area contributed by atoms with Crippen LogP contribution in [0.5, 0.6) is 0 Å². The van der Waals surface area contributed by atoms with Crippen LogP contribution < -0.4 is 32.3 Å². The van der Waals surface area contributed by atoms with E-state index in [9.17, 15) is 38.4 Å². The lowest BCUT2D eigenvalue weighted by atomic mass is 10.0. The number of carbonyl (C=O) groups excluding carboxylic acids is 8. The zero-order chi connectivity index (χ0) is 45.8. The van der Waals surface area contributed by atoms with Crippen molar-refractivity contribution in [2.45, 2.75) is 32.1 Å². The molecule has 1 fully saturated rings. The van der Waals surface area contributed by atoms with Gasteiger partial charge in [0.05, 0.1) is 132 Å². The second kappa shape index (κ2) is 34.8. The molecule has 8 amide bonds. The van der Waals surface area contributed by atoms with Crippen molar-refractivity contribution >= 4 is 47.3 Å². The largest absolute Gasteiger partial charge is 0.379 e. The first kappa shape index (κ1) is 54.5. The fourth-order valence-corrected chi connectivity index (χ4v) is 5.15. The monoisotopic (exact) mass is 903 g/mol. The van der Waals surface area contributed by atoms with Crippen molar-refractivity contribution in [2.24, 2.45) is 11.1 Å². The van der Waals surface area contributed by atoms with Crippen LogP contribution in [0.1, 0.15) is 32.1 Å². The van der Waals surface area contributed by atoms with Gasteiger partial charge >= 0.3 is 0 Å². The minimum absolute atomic E-state index is 0.0282. The van der Waals surface area contributed by atoms with Crippen molar-refractivity contribution in [1.29, 1.82) is 0 Å². The molecular formula is C39H65N7O17. The first-order valence-electron chi connectivity index (χ1n) is 20.8. The summed E-state index contributed by atoms with van der Waals surface area (Å²) < 4.78 is 48.8. The molecule has 1 heterocycles. The Hall–Kier alpha value is -4.66. The van der Waals surface area contributed by atoms with Gasteiger partial charge in [-0.3, -0.25) is 43.3 Å². The number of hydrogen-bond donors (Lipinski definition) is 6. The Kier molecular flexibility index (Phi) is 30.1. The van der Waals surface area contributed by atoms with E-state index in [0.29, 0.717) is 106 Å². The van der Waals surface area contributed by atoms with Gasteiger partial charge in [-0.1, -0.05) is 0 Å². The van der Waals surface area contributed by atoms with E-state index in [4.69, 9.17) is 48.4 Å². The van der Waals surface area contributed by atoms with E-state index in [0.717, 1.165) is 17.7 Å². The molecule has 24 heteroatoms.